The summed E-state index contributed by atoms with van der Waals surface area (Å²) in [6, 6.07) is 6.89. The minimum Gasteiger partial charge on any atom is -0.481 e. The van der Waals surface area contributed by atoms with Crippen molar-refractivity contribution >= 4 is 11.9 Å². The molecule has 17 heavy (non-hydrogen) atoms. The van der Waals surface area contributed by atoms with Crippen LogP contribution in [0.1, 0.15) is 30.9 Å². The van der Waals surface area contributed by atoms with E-state index in [1.807, 2.05) is 6.92 Å². The first-order valence-corrected chi connectivity index (χ1v) is 5.29. The average molecular weight is 236 g/mol. The van der Waals surface area contributed by atoms with Crippen molar-refractivity contribution in [3.05, 3.63) is 35.4 Å². The molecule has 1 atom stereocenters. The summed E-state index contributed by atoms with van der Waals surface area (Å²) in [4.78, 5) is 22.4. The fourth-order valence-electron chi connectivity index (χ4n) is 1.75. The van der Waals surface area contributed by atoms with E-state index in [0.29, 0.717) is 5.56 Å². The Hall–Kier alpha value is -1.84. The van der Waals surface area contributed by atoms with E-state index in [0.717, 1.165) is 5.56 Å². The monoisotopic (exact) mass is 236 g/mol. The van der Waals surface area contributed by atoms with Gasteiger partial charge in [-0.15, -0.1) is 0 Å². The highest BCUT2D eigenvalue weighted by atomic mass is 16.4. The van der Waals surface area contributed by atoms with Crippen LogP contribution in [0.2, 0.25) is 0 Å². The van der Waals surface area contributed by atoms with Crippen LogP contribution in [-0.4, -0.2) is 22.2 Å². The van der Waals surface area contributed by atoms with Gasteiger partial charge in [-0.05, 0) is 26.3 Å². The average Bonchev–Trinajstić information content (AvgIpc) is 2.20. The maximum absolute atomic E-state index is 11.3. The van der Waals surface area contributed by atoms with E-state index in [9.17, 15) is 14.7 Å². The molecule has 1 aromatic carbocycles. The molecule has 0 aromatic heterocycles. The van der Waals surface area contributed by atoms with Crippen LogP contribution in [0.3, 0.4) is 0 Å². The third kappa shape index (κ3) is 2.64. The molecule has 0 radical (unpaired) electrons. The number of hydrogen-bond donors (Lipinski definition) is 2. The molecule has 0 saturated carbocycles. The van der Waals surface area contributed by atoms with Crippen molar-refractivity contribution in [2.75, 3.05) is 0 Å². The van der Waals surface area contributed by atoms with Gasteiger partial charge < -0.3 is 10.2 Å². The molecule has 4 nitrogen and oxygen atoms in total. The Labute approximate surface area is 99.9 Å². The zero-order valence-electron chi connectivity index (χ0n) is 10.1. The molecule has 0 fully saturated rings. The van der Waals surface area contributed by atoms with Gasteiger partial charge in [-0.3, -0.25) is 9.59 Å². The van der Waals surface area contributed by atoms with Crippen molar-refractivity contribution < 1.29 is 19.8 Å². The Morgan fingerprint density at radius 2 is 1.59 bits per heavy atom. The minimum absolute atomic E-state index is 0.510. The summed E-state index contributed by atoms with van der Waals surface area (Å²) in [5.41, 5.74) is 0.169. The van der Waals surface area contributed by atoms with Gasteiger partial charge in [0.15, 0.2) is 0 Å². The van der Waals surface area contributed by atoms with E-state index < -0.39 is 23.3 Å². The smallest absolute Gasteiger partial charge is 0.312 e. The first-order valence-electron chi connectivity index (χ1n) is 5.29. The summed E-state index contributed by atoms with van der Waals surface area (Å²) in [6.45, 7) is 4.74. The van der Waals surface area contributed by atoms with Crippen molar-refractivity contribution in [1.29, 1.82) is 0 Å². The highest BCUT2D eigenvalue weighted by Gasteiger charge is 2.42. The molecular formula is C13H16O4. The van der Waals surface area contributed by atoms with Gasteiger partial charge in [0.1, 0.15) is 0 Å². The lowest BCUT2D eigenvalue weighted by Crippen LogP contribution is -2.36. The van der Waals surface area contributed by atoms with Crippen LogP contribution < -0.4 is 0 Å². The molecule has 92 valence electrons. The summed E-state index contributed by atoms with van der Waals surface area (Å²) >= 11 is 0. The lowest BCUT2D eigenvalue weighted by molar-refractivity contribution is -0.155. The molecule has 1 aromatic rings. The molecule has 1 rings (SSSR count). The molecule has 2 N–H and O–H groups in total. The summed E-state index contributed by atoms with van der Waals surface area (Å²) in [5, 5.41) is 18.3. The summed E-state index contributed by atoms with van der Waals surface area (Å²) in [6.07, 6.45) is 0. The third-order valence-corrected chi connectivity index (χ3v) is 2.93. The minimum atomic E-state index is -1.35. The zero-order chi connectivity index (χ0) is 13.2. The molecule has 0 amide bonds. The van der Waals surface area contributed by atoms with Crippen LogP contribution in [-0.2, 0) is 9.59 Å². The lowest BCUT2D eigenvalue weighted by Gasteiger charge is -2.27. The number of rotatable bonds is 4. The topological polar surface area (TPSA) is 74.6 Å². The van der Waals surface area contributed by atoms with Gasteiger partial charge in [0, 0.05) is 0 Å². The van der Waals surface area contributed by atoms with Crippen LogP contribution in [0.25, 0.3) is 0 Å². The second-order valence-electron chi connectivity index (χ2n) is 4.71. The Kier molecular flexibility index (Phi) is 3.56. The van der Waals surface area contributed by atoms with Gasteiger partial charge in [-0.25, -0.2) is 0 Å². The molecule has 0 aliphatic carbocycles. The van der Waals surface area contributed by atoms with Crippen LogP contribution in [0.5, 0.6) is 0 Å². The second kappa shape index (κ2) is 4.57. The maximum Gasteiger partial charge on any atom is 0.312 e. The molecular weight excluding hydrogens is 220 g/mol. The quantitative estimate of drug-likeness (QED) is 0.841. The van der Waals surface area contributed by atoms with Crippen LogP contribution in [0, 0.1) is 12.3 Å². The van der Waals surface area contributed by atoms with E-state index in [-0.39, 0.29) is 0 Å². The Balaban J connectivity index is 3.23. The van der Waals surface area contributed by atoms with E-state index >= 15 is 0 Å². The first kappa shape index (κ1) is 13.2. The molecule has 0 heterocycles. The summed E-state index contributed by atoms with van der Waals surface area (Å²) in [5.74, 6) is -3.30. The predicted molar refractivity (Wildman–Crippen MR) is 63.0 cm³/mol. The summed E-state index contributed by atoms with van der Waals surface area (Å²) < 4.78 is 0. The van der Waals surface area contributed by atoms with E-state index in [4.69, 9.17) is 5.11 Å². The van der Waals surface area contributed by atoms with Crippen LogP contribution >= 0.6 is 0 Å². The number of benzene rings is 1. The predicted octanol–water partition coefficient (Wildman–Crippen LogP) is 2.27. The third-order valence-electron chi connectivity index (χ3n) is 2.93. The molecule has 0 bridgehead atoms. The first-order chi connectivity index (χ1) is 7.76. The molecule has 0 saturated heterocycles. The van der Waals surface area contributed by atoms with Gasteiger partial charge in [0.05, 0.1) is 11.3 Å². The fourth-order valence-corrected chi connectivity index (χ4v) is 1.75. The van der Waals surface area contributed by atoms with Crippen LogP contribution in [0.4, 0.5) is 0 Å². The number of carbonyl (C=O) groups is 2. The second-order valence-corrected chi connectivity index (χ2v) is 4.71. The molecule has 0 aliphatic heterocycles. The van der Waals surface area contributed by atoms with Crippen molar-refractivity contribution in [2.24, 2.45) is 5.41 Å². The zero-order valence-corrected chi connectivity index (χ0v) is 10.1. The van der Waals surface area contributed by atoms with Gasteiger partial charge in [0.25, 0.3) is 0 Å². The highest BCUT2D eigenvalue weighted by molar-refractivity contribution is 5.86. The number of carboxylic acid groups (broad SMARTS) is 2. The van der Waals surface area contributed by atoms with Gasteiger partial charge >= 0.3 is 11.9 Å². The summed E-state index contributed by atoms with van der Waals surface area (Å²) in [7, 11) is 0. The molecule has 0 aliphatic rings. The Morgan fingerprint density at radius 3 is 1.94 bits per heavy atom. The van der Waals surface area contributed by atoms with Gasteiger partial charge in [0.2, 0.25) is 0 Å². The SMILES string of the molecule is Cc1ccc(C(C(=O)O)C(C)(C)C(=O)O)cc1. The van der Waals surface area contributed by atoms with E-state index in [2.05, 4.69) is 0 Å². The largest absolute Gasteiger partial charge is 0.481 e. The number of aliphatic carboxylic acids is 2. The Bertz CT molecular complexity index is 431. The normalized spacial score (nSPS) is 13.1. The van der Waals surface area contributed by atoms with Gasteiger partial charge in [-0.1, -0.05) is 29.8 Å². The lowest BCUT2D eigenvalue weighted by atomic mass is 9.75. The molecule has 4 heteroatoms. The number of aryl methyl sites for hydroxylation is 1. The van der Waals surface area contributed by atoms with Gasteiger partial charge in [-0.2, -0.15) is 0 Å². The van der Waals surface area contributed by atoms with Crippen molar-refractivity contribution in [3.63, 3.8) is 0 Å². The maximum atomic E-state index is 11.3. The Morgan fingerprint density at radius 1 is 1.12 bits per heavy atom. The number of carboxylic acids is 2. The molecule has 1 unspecified atom stereocenters. The van der Waals surface area contributed by atoms with E-state index in [1.54, 1.807) is 24.3 Å². The van der Waals surface area contributed by atoms with Crippen molar-refractivity contribution in [1.82, 2.24) is 0 Å². The van der Waals surface area contributed by atoms with Crippen molar-refractivity contribution in [3.8, 4) is 0 Å². The standard InChI is InChI=1S/C13H16O4/c1-8-4-6-9(7-5-8)10(11(14)15)13(2,3)12(16)17/h4-7,10H,1-3H3,(H,14,15)(H,16,17). The fraction of sp³-hybridized carbons (Fsp3) is 0.385. The van der Waals surface area contributed by atoms with Crippen molar-refractivity contribution in [2.45, 2.75) is 26.7 Å². The van der Waals surface area contributed by atoms with E-state index in [1.165, 1.54) is 13.8 Å². The highest BCUT2D eigenvalue weighted by Crippen LogP contribution is 2.36. The molecule has 0 spiro atoms. The van der Waals surface area contributed by atoms with Crippen LogP contribution in [0.15, 0.2) is 24.3 Å². The number of hydrogen-bond acceptors (Lipinski definition) is 2.